The third-order valence-electron chi connectivity index (χ3n) is 2.29. The predicted molar refractivity (Wildman–Crippen MR) is 61.5 cm³/mol. The van der Waals surface area contributed by atoms with Crippen LogP contribution in [0.25, 0.3) is 0 Å². The third kappa shape index (κ3) is 3.42. The van der Waals surface area contributed by atoms with Gasteiger partial charge in [0, 0.05) is 6.07 Å². The van der Waals surface area contributed by atoms with Crippen molar-refractivity contribution in [3.05, 3.63) is 33.9 Å². The number of hydrogen-bond acceptors (Lipinski definition) is 5. The van der Waals surface area contributed by atoms with Crippen molar-refractivity contribution >= 4 is 11.7 Å². The van der Waals surface area contributed by atoms with E-state index >= 15 is 0 Å². The molecule has 1 N–H and O–H groups in total. The first-order chi connectivity index (χ1) is 8.45. The highest BCUT2D eigenvalue weighted by Gasteiger charge is 2.16. The Labute approximate surface area is 103 Å². The molecule has 1 aromatic carbocycles. The van der Waals surface area contributed by atoms with E-state index < -0.39 is 17.0 Å². The van der Waals surface area contributed by atoms with Gasteiger partial charge in [-0.3, -0.25) is 10.1 Å². The lowest BCUT2D eigenvalue weighted by Crippen LogP contribution is -2.19. The Morgan fingerprint density at radius 3 is 2.72 bits per heavy atom. The van der Waals surface area contributed by atoms with Gasteiger partial charge in [-0.2, -0.15) is 0 Å². The normalized spacial score (nSPS) is 11.9. The summed E-state index contributed by atoms with van der Waals surface area (Å²) in [7, 11) is 1.34. The maximum atomic E-state index is 10.8. The zero-order chi connectivity index (χ0) is 13.7. The summed E-state index contributed by atoms with van der Waals surface area (Å²) in [6, 6.07) is 4.33. The van der Waals surface area contributed by atoms with Crippen LogP contribution in [-0.4, -0.2) is 29.2 Å². The monoisotopic (exact) mass is 255 g/mol. The van der Waals surface area contributed by atoms with E-state index in [1.807, 2.05) is 0 Å². The Balaban J connectivity index is 2.82. The predicted octanol–water partition coefficient (Wildman–Crippen LogP) is 1.59. The summed E-state index contributed by atoms with van der Waals surface area (Å²) in [5, 5.41) is 19.4. The van der Waals surface area contributed by atoms with Crippen LogP contribution in [0.2, 0.25) is 0 Å². The summed E-state index contributed by atoms with van der Waals surface area (Å²) in [5.74, 6) is -0.937. The molecule has 0 bridgehead atoms. The fourth-order valence-electron chi connectivity index (χ4n) is 1.26. The molecule has 1 atom stereocenters. The van der Waals surface area contributed by atoms with E-state index in [0.717, 1.165) is 0 Å². The molecule has 1 rings (SSSR count). The molecule has 0 aliphatic rings. The van der Waals surface area contributed by atoms with Crippen molar-refractivity contribution in [3.63, 3.8) is 0 Å². The van der Waals surface area contributed by atoms with E-state index in [0.29, 0.717) is 5.56 Å². The van der Waals surface area contributed by atoms with Crippen LogP contribution in [0.15, 0.2) is 18.2 Å². The first-order valence-corrected chi connectivity index (χ1v) is 5.11. The van der Waals surface area contributed by atoms with Gasteiger partial charge in [-0.05, 0) is 18.6 Å². The Kier molecular flexibility index (Phi) is 4.61. The minimum absolute atomic E-state index is 0.0156. The minimum Gasteiger partial charge on any atom is -0.490 e. The largest absolute Gasteiger partial charge is 0.490 e. The van der Waals surface area contributed by atoms with Crippen molar-refractivity contribution in [3.8, 4) is 5.75 Å². The zero-order valence-corrected chi connectivity index (χ0v) is 9.95. The van der Waals surface area contributed by atoms with Crippen molar-refractivity contribution in [2.24, 2.45) is 0 Å². The molecule has 7 heteroatoms. The number of benzene rings is 1. The number of nitro benzene ring substituents is 1. The number of carboxylic acids is 1. The van der Waals surface area contributed by atoms with Crippen LogP contribution in [0.1, 0.15) is 12.5 Å². The molecule has 0 saturated carbocycles. The van der Waals surface area contributed by atoms with Gasteiger partial charge in [0.05, 0.1) is 18.6 Å². The Bertz CT molecular complexity index is 459. The molecule has 0 spiro atoms. The van der Waals surface area contributed by atoms with Crippen molar-refractivity contribution in [1.82, 2.24) is 0 Å². The summed E-state index contributed by atoms with van der Waals surface area (Å²) in [6.07, 6.45) is -0.967. The molecule has 0 fully saturated rings. The molecule has 0 radical (unpaired) electrons. The molecular formula is C11H13NO6. The van der Waals surface area contributed by atoms with E-state index in [-0.39, 0.29) is 18.0 Å². The number of hydrogen-bond donors (Lipinski definition) is 1. The highest BCUT2D eigenvalue weighted by Crippen LogP contribution is 2.27. The van der Waals surface area contributed by atoms with Gasteiger partial charge in [0.1, 0.15) is 0 Å². The lowest BCUT2D eigenvalue weighted by atomic mass is 10.2. The third-order valence-corrected chi connectivity index (χ3v) is 2.29. The highest BCUT2D eigenvalue weighted by atomic mass is 16.6. The molecule has 0 saturated heterocycles. The Morgan fingerprint density at radius 2 is 2.22 bits per heavy atom. The van der Waals surface area contributed by atoms with Crippen LogP contribution in [0, 0.1) is 10.1 Å². The van der Waals surface area contributed by atoms with Crippen LogP contribution in [0.4, 0.5) is 5.69 Å². The van der Waals surface area contributed by atoms with Gasteiger partial charge >= 0.3 is 11.7 Å². The summed E-state index contributed by atoms with van der Waals surface area (Å²) in [6.45, 7) is 1.37. The maximum Gasteiger partial charge on any atom is 0.332 e. The smallest absolute Gasteiger partial charge is 0.332 e. The summed E-state index contributed by atoms with van der Waals surface area (Å²) >= 11 is 0. The number of aliphatic carboxylic acids is 1. The van der Waals surface area contributed by atoms with Crippen molar-refractivity contribution in [2.75, 3.05) is 7.11 Å². The van der Waals surface area contributed by atoms with Crippen molar-refractivity contribution in [1.29, 1.82) is 0 Å². The van der Waals surface area contributed by atoms with Crippen LogP contribution >= 0.6 is 0 Å². The van der Waals surface area contributed by atoms with E-state index in [2.05, 4.69) is 0 Å². The molecular weight excluding hydrogens is 242 g/mol. The van der Waals surface area contributed by atoms with E-state index in [9.17, 15) is 14.9 Å². The number of nitrogens with zero attached hydrogens (tertiary/aromatic N) is 1. The van der Waals surface area contributed by atoms with Crippen LogP contribution < -0.4 is 4.74 Å². The van der Waals surface area contributed by atoms with E-state index in [4.69, 9.17) is 14.6 Å². The fourth-order valence-corrected chi connectivity index (χ4v) is 1.26. The molecule has 1 aromatic rings. The second-order valence-corrected chi connectivity index (χ2v) is 3.55. The molecule has 0 amide bonds. The molecule has 1 unspecified atom stereocenters. The average Bonchev–Trinajstić information content (AvgIpc) is 2.35. The molecule has 0 aromatic heterocycles. The minimum atomic E-state index is -1.09. The number of nitro groups is 1. The lowest BCUT2D eigenvalue weighted by Gasteiger charge is -2.09. The fraction of sp³-hybridized carbons (Fsp3) is 0.364. The first kappa shape index (κ1) is 13.9. The van der Waals surface area contributed by atoms with E-state index in [1.54, 1.807) is 6.07 Å². The van der Waals surface area contributed by atoms with Crippen LogP contribution in [0.3, 0.4) is 0 Å². The molecule has 0 heterocycles. The number of carbonyl (C=O) groups is 1. The van der Waals surface area contributed by atoms with Gasteiger partial charge in [0.25, 0.3) is 0 Å². The summed E-state index contributed by atoms with van der Waals surface area (Å²) in [5.41, 5.74) is 0.331. The number of ether oxygens (including phenoxy) is 2. The molecule has 98 valence electrons. The topological polar surface area (TPSA) is 98.9 Å². The van der Waals surface area contributed by atoms with Gasteiger partial charge in [-0.1, -0.05) is 6.07 Å². The molecule has 7 nitrogen and oxygen atoms in total. The summed E-state index contributed by atoms with van der Waals surface area (Å²) in [4.78, 5) is 20.7. The second-order valence-electron chi connectivity index (χ2n) is 3.55. The highest BCUT2D eigenvalue weighted by molar-refractivity contribution is 5.71. The average molecular weight is 255 g/mol. The number of carboxylic acid groups (broad SMARTS) is 1. The van der Waals surface area contributed by atoms with Crippen molar-refractivity contribution in [2.45, 2.75) is 19.6 Å². The SMILES string of the molecule is COc1ccc(COC(C)C(=O)O)cc1[N+](=O)[O-]. The number of methoxy groups -OCH3 is 1. The standard InChI is InChI=1S/C11H13NO6/c1-7(11(13)14)18-6-8-3-4-10(17-2)9(5-8)12(15)16/h3-5,7H,6H2,1-2H3,(H,13,14). The molecule has 18 heavy (non-hydrogen) atoms. The van der Waals surface area contributed by atoms with Gasteiger partial charge in [0.2, 0.25) is 0 Å². The lowest BCUT2D eigenvalue weighted by molar-refractivity contribution is -0.385. The maximum absolute atomic E-state index is 10.8. The van der Waals surface area contributed by atoms with Crippen LogP contribution in [0.5, 0.6) is 5.75 Å². The quantitative estimate of drug-likeness (QED) is 0.612. The Hall–Kier alpha value is -2.15. The molecule has 0 aliphatic carbocycles. The van der Waals surface area contributed by atoms with Gasteiger partial charge in [-0.25, -0.2) is 4.79 Å². The summed E-state index contributed by atoms with van der Waals surface area (Å²) < 4.78 is 9.88. The number of rotatable bonds is 6. The zero-order valence-electron chi connectivity index (χ0n) is 9.95. The van der Waals surface area contributed by atoms with Gasteiger partial charge < -0.3 is 14.6 Å². The van der Waals surface area contributed by atoms with E-state index in [1.165, 1.54) is 26.2 Å². The van der Waals surface area contributed by atoms with Gasteiger partial charge in [0.15, 0.2) is 11.9 Å². The molecule has 0 aliphatic heterocycles. The second kappa shape index (κ2) is 5.97. The first-order valence-electron chi connectivity index (χ1n) is 5.11. The Morgan fingerprint density at radius 1 is 1.56 bits per heavy atom. The van der Waals surface area contributed by atoms with Gasteiger partial charge in [-0.15, -0.1) is 0 Å². The van der Waals surface area contributed by atoms with Crippen molar-refractivity contribution < 1.29 is 24.3 Å². The van der Waals surface area contributed by atoms with Crippen LogP contribution in [-0.2, 0) is 16.1 Å².